The summed E-state index contributed by atoms with van der Waals surface area (Å²) in [5.41, 5.74) is -0.0332. The van der Waals surface area contributed by atoms with Gasteiger partial charge in [-0.05, 0) is 6.26 Å². The fourth-order valence-electron chi connectivity index (χ4n) is 1.68. The number of rotatable bonds is 4. The van der Waals surface area contributed by atoms with Crippen LogP contribution in [-0.4, -0.2) is 37.7 Å². The molecule has 0 spiro atoms. The van der Waals surface area contributed by atoms with Gasteiger partial charge in [0.15, 0.2) is 11.2 Å². The molecule has 0 atom stereocenters. The molecule has 2 aromatic heterocycles. The van der Waals surface area contributed by atoms with Crippen molar-refractivity contribution in [1.29, 1.82) is 0 Å². The van der Waals surface area contributed by atoms with Gasteiger partial charge >= 0.3 is 5.69 Å². The Bertz CT molecular complexity index is 684. The van der Waals surface area contributed by atoms with Crippen molar-refractivity contribution in [3.63, 3.8) is 0 Å². The quantitative estimate of drug-likeness (QED) is 0.747. The summed E-state index contributed by atoms with van der Waals surface area (Å²) in [4.78, 5) is 30.7. The van der Waals surface area contributed by atoms with Crippen LogP contribution in [0.3, 0.4) is 0 Å². The SMILES string of the molecule is CSCCNc1nc2c([nH]1)c(=O)n(C)c(=O)n2C. The summed E-state index contributed by atoms with van der Waals surface area (Å²) in [5, 5.41) is 3.08. The summed E-state index contributed by atoms with van der Waals surface area (Å²) in [5.74, 6) is 1.45. The van der Waals surface area contributed by atoms with Gasteiger partial charge in [0.2, 0.25) is 5.95 Å². The average molecular weight is 269 g/mol. The van der Waals surface area contributed by atoms with Crippen LogP contribution in [-0.2, 0) is 14.1 Å². The lowest BCUT2D eigenvalue weighted by molar-refractivity contribution is 0.709. The van der Waals surface area contributed by atoms with E-state index in [1.165, 1.54) is 11.6 Å². The Morgan fingerprint density at radius 3 is 2.72 bits per heavy atom. The van der Waals surface area contributed by atoms with Crippen molar-refractivity contribution < 1.29 is 0 Å². The normalized spacial score (nSPS) is 11.1. The van der Waals surface area contributed by atoms with Crippen molar-refractivity contribution in [3.05, 3.63) is 20.8 Å². The third kappa shape index (κ3) is 2.03. The summed E-state index contributed by atoms with van der Waals surface area (Å²) in [6, 6.07) is 0. The molecule has 0 bridgehead atoms. The summed E-state index contributed by atoms with van der Waals surface area (Å²) in [6.45, 7) is 0.745. The van der Waals surface area contributed by atoms with Crippen molar-refractivity contribution in [2.75, 3.05) is 23.9 Å². The summed E-state index contributed by atoms with van der Waals surface area (Å²) >= 11 is 1.71. The molecule has 0 amide bonds. The van der Waals surface area contributed by atoms with Gasteiger partial charge in [-0.15, -0.1) is 0 Å². The van der Waals surface area contributed by atoms with Crippen LogP contribution in [0.1, 0.15) is 0 Å². The van der Waals surface area contributed by atoms with E-state index in [-0.39, 0.29) is 11.2 Å². The molecule has 0 aliphatic carbocycles. The fraction of sp³-hybridized carbons (Fsp3) is 0.500. The Hall–Kier alpha value is -1.70. The number of fused-ring (bicyclic) bond motifs is 1. The third-order valence-corrected chi connectivity index (χ3v) is 3.31. The van der Waals surface area contributed by atoms with Gasteiger partial charge in [-0.2, -0.15) is 16.7 Å². The van der Waals surface area contributed by atoms with Crippen LogP contribution in [0.5, 0.6) is 0 Å². The Morgan fingerprint density at radius 2 is 2.06 bits per heavy atom. The molecule has 0 saturated carbocycles. The lowest BCUT2D eigenvalue weighted by Gasteiger charge is -2.00. The molecule has 2 aromatic rings. The number of H-pyrrole nitrogens is 1. The molecule has 0 aliphatic rings. The number of nitrogens with zero attached hydrogens (tertiary/aromatic N) is 3. The van der Waals surface area contributed by atoms with E-state index in [0.29, 0.717) is 17.1 Å². The van der Waals surface area contributed by atoms with Crippen LogP contribution < -0.4 is 16.6 Å². The van der Waals surface area contributed by atoms with Gasteiger partial charge in [-0.3, -0.25) is 13.9 Å². The highest BCUT2D eigenvalue weighted by Crippen LogP contribution is 2.08. The topological polar surface area (TPSA) is 84.7 Å². The lowest BCUT2D eigenvalue weighted by atomic mass is 10.5. The second-order valence-electron chi connectivity index (χ2n) is 3.91. The van der Waals surface area contributed by atoms with E-state index >= 15 is 0 Å². The fourth-order valence-corrected chi connectivity index (χ4v) is 1.99. The molecule has 8 heteroatoms. The first-order valence-corrected chi connectivity index (χ1v) is 6.84. The molecule has 2 N–H and O–H groups in total. The third-order valence-electron chi connectivity index (χ3n) is 2.69. The molecule has 0 aliphatic heterocycles. The van der Waals surface area contributed by atoms with E-state index in [0.717, 1.165) is 16.9 Å². The molecule has 0 unspecified atom stereocenters. The predicted octanol–water partition coefficient (Wildman–Crippen LogP) is -0.265. The number of hydrogen-bond donors (Lipinski definition) is 2. The first kappa shape index (κ1) is 12.7. The van der Waals surface area contributed by atoms with Gasteiger partial charge in [-0.1, -0.05) is 0 Å². The minimum atomic E-state index is -0.380. The number of hydrogen-bond acceptors (Lipinski definition) is 5. The van der Waals surface area contributed by atoms with Crippen LogP contribution in [0.25, 0.3) is 11.2 Å². The van der Waals surface area contributed by atoms with Gasteiger partial charge in [0, 0.05) is 26.4 Å². The Labute approximate surface area is 107 Å². The summed E-state index contributed by atoms with van der Waals surface area (Å²) < 4.78 is 2.42. The monoisotopic (exact) mass is 269 g/mol. The minimum absolute atomic E-state index is 0.339. The second-order valence-corrected chi connectivity index (χ2v) is 4.89. The van der Waals surface area contributed by atoms with E-state index in [4.69, 9.17) is 0 Å². The van der Waals surface area contributed by atoms with Gasteiger partial charge in [0.25, 0.3) is 5.56 Å². The second kappa shape index (κ2) is 4.89. The number of aromatic nitrogens is 4. The average Bonchev–Trinajstić information content (AvgIpc) is 2.78. The molecule has 7 nitrogen and oxygen atoms in total. The molecular weight excluding hydrogens is 254 g/mol. The highest BCUT2D eigenvalue weighted by molar-refractivity contribution is 7.98. The van der Waals surface area contributed by atoms with Crippen molar-refractivity contribution in [2.45, 2.75) is 0 Å². The lowest BCUT2D eigenvalue weighted by Crippen LogP contribution is -2.36. The maximum atomic E-state index is 11.9. The van der Waals surface area contributed by atoms with Crippen LogP contribution in [0.4, 0.5) is 5.95 Å². The van der Waals surface area contributed by atoms with E-state index < -0.39 is 0 Å². The highest BCUT2D eigenvalue weighted by Gasteiger charge is 2.12. The molecule has 0 fully saturated rings. The Balaban J connectivity index is 2.51. The Morgan fingerprint density at radius 1 is 1.33 bits per heavy atom. The van der Waals surface area contributed by atoms with Crippen LogP contribution in [0, 0.1) is 0 Å². The number of imidazole rings is 1. The van der Waals surface area contributed by atoms with E-state index in [1.54, 1.807) is 18.8 Å². The number of thioether (sulfide) groups is 1. The van der Waals surface area contributed by atoms with Gasteiger partial charge < -0.3 is 10.3 Å². The van der Waals surface area contributed by atoms with Crippen LogP contribution >= 0.6 is 11.8 Å². The van der Waals surface area contributed by atoms with Crippen LogP contribution in [0.2, 0.25) is 0 Å². The molecular formula is C10H15N5O2S. The van der Waals surface area contributed by atoms with Gasteiger partial charge in [-0.25, -0.2) is 4.79 Å². The molecule has 2 heterocycles. The molecule has 0 saturated heterocycles. The maximum absolute atomic E-state index is 11.9. The number of aromatic amines is 1. The zero-order valence-electron chi connectivity index (χ0n) is 10.5. The summed E-state index contributed by atoms with van der Waals surface area (Å²) in [7, 11) is 3.04. The highest BCUT2D eigenvalue weighted by atomic mass is 32.2. The molecule has 0 radical (unpaired) electrons. The van der Waals surface area contributed by atoms with E-state index in [1.807, 2.05) is 6.26 Å². The zero-order chi connectivity index (χ0) is 13.3. The zero-order valence-corrected chi connectivity index (χ0v) is 11.3. The number of anilines is 1. The van der Waals surface area contributed by atoms with Gasteiger partial charge in [0.1, 0.15) is 0 Å². The first-order valence-electron chi connectivity index (χ1n) is 5.44. The largest absolute Gasteiger partial charge is 0.355 e. The number of aryl methyl sites for hydroxylation is 1. The molecule has 98 valence electrons. The molecule has 2 rings (SSSR count). The van der Waals surface area contributed by atoms with Crippen molar-refractivity contribution >= 4 is 28.9 Å². The minimum Gasteiger partial charge on any atom is -0.355 e. The van der Waals surface area contributed by atoms with Crippen molar-refractivity contribution in [2.24, 2.45) is 14.1 Å². The van der Waals surface area contributed by atoms with Crippen LogP contribution in [0.15, 0.2) is 9.59 Å². The standard InChI is InChI=1S/C10H15N5O2S/c1-14-7-6(8(16)15(2)10(14)17)12-9(13-7)11-4-5-18-3/h4-5H2,1-3H3,(H2,11,12,13). The smallest absolute Gasteiger partial charge is 0.332 e. The predicted molar refractivity (Wildman–Crippen MR) is 73.4 cm³/mol. The first-order chi connectivity index (χ1) is 8.56. The van der Waals surface area contributed by atoms with Crippen molar-refractivity contribution in [1.82, 2.24) is 19.1 Å². The van der Waals surface area contributed by atoms with E-state index in [2.05, 4.69) is 15.3 Å². The summed E-state index contributed by atoms with van der Waals surface area (Å²) in [6.07, 6.45) is 2.01. The number of nitrogens with one attached hydrogen (secondary N) is 2. The maximum Gasteiger partial charge on any atom is 0.332 e. The molecule has 0 aromatic carbocycles. The van der Waals surface area contributed by atoms with Gasteiger partial charge in [0.05, 0.1) is 0 Å². The molecule has 18 heavy (non-hydrogen) atoms. The van der Waals surface area contributed by atoms with E-state index in [9.17, 15) is 9.59 Å². The Kier molecular flexibility index (Phi) is 3.46. The van der Waals surface area contributed by atoms with Crippen molar-refractivity contribution in [3.8, 4) is 0 Å².